The third-order valence-electron chi connectivity index (χ3n) is 5.51. The molecule has 0 unspecified atom stereocenters. The van der Waals surface area contributed by atoms with Gasteiger partial charge in [-0.2, -0.15) is 0 Å². The van der Waals surface area contributed by atoms with Crippen molar-refractivity contribution in [2.75, 3.05) is 19.6 Å². The van der Waals surface area contributed by atoms with Crippen molar-refractivity contribution >= 4 is 5.91 Å². The molecule has 0 spiro atoms. The largest absolute Gasteiger partial charge is 0.481 e. The highest BCUT2D eigenvalue weighted by molar-refractivity contribution is 5.80. The van der Waals surface area contributed by atoms with Gasteiger partial charge in [-0.15, -0.1) is 0 Å². The minimum Gasteiger partial charge on any atom is -0.481 e. The van der Waals surface area contributed by atoms with Crippen LogP contribution in [-0.2, 0) is 10.2 Å². The molecule has 1 aromatic carbocycles. The van der Waals surface area contributed by atoms with E-state index in [1.807, 2.05) is 24.3 Å². The first kappa shape index (κ1) is 20.5. The first-order valence-electron chi connectivity index (χ1n) is 10.3. The first-order chi connectivity index (χ1) is 13.3. The lowest BCUT2D eigenvalue weighted by Crippen LogP contribution is -3.11. The summed E-state index contributed by atoms with van der Waals surface area (Å²) in [6.45, 7) is 11.1. The number of benzene rings is 1. The van der Waals surface area contributed by atoms with Crippen molar-refractivity contribution in [3.8, 4) is 5.75 Å². The number of ether oxygens (including phenoxy) is 1. The second-order valence-electron chi connectivity index (χ2n) is 8.71. The van der Waals surface area contributed by atoms with Gasteiger partial charge in [0.2, 0.25) is 0 Å². The maximum atomic E-state index is 12.6. The summed E-state index contributed by atoms with van der Waals surface area (Å²) in [4.78, 5) is 14.1. The molecule has 0 bridgehead atoms. The Balaban J connectivity index is 1.55. The monoisotopic (exact) mass is 385 g/mol. The Kier molecular flexibility index (Phi) is 6.45. The molecule has 3 rings (SSSR count). The van der Waals surface area contributed by atoms with Crippen LogP contribution in [0, 0.1) is 0 Å². The van der Waals surface area contributed by atoms with Crippen LogP contribution in [0.25, 0.3) is 0 Å². The van der Waals surface area contributed by atoms with Crippen LogP contribution in [-0.4, -0.2) is 31.6 Å². The van der Waals surface area contributed by atoms with Gasteiger partial charge in [-0.25, -0.2) is 0 Å². The van der Waals surface area contributed by atoms with Crippen LogP contribution < -0.4 is 15.0 Å². The summed E-state index contributed by atoms with van der Waals surface area (Å²) in [5, 5.41) is 3.06. The number of quaternary nitrogens is 1. The van der Waals surface area contributed by atoms with E-state index in [0.717, 1.165) is 18.8 Å². The molecule has 1 amide bonds. The Morgan fingerprint density at radius 1 is 1.18 bits per heavy atom. The lowest BCUT2D eigenvalue weighted by atomic mass is 9.87. The highest BCUT2D eigenvalue weighted by Gasteiger charge is 2.30. The Morgan fingerprint density at radius 2 is 1.86 bits per heavy atom. The Hall–Kier alpha value is -2.27. The summed E-state index contributed by atoms with van der Waals surface area (Å²) in [6.07, 6.45) is 3.60. The van der Waals surface area contributed by atoms with Gasteiger partial charge in [0.1, 0.15) is 5.75 Å². The fourth-order valence-electron chi connectivity index (χ4n) is 3.75. The van der Waals surface area contributed by atoms with E-state index in [0.29, 0.717) is 12.3 Å². The molecule has 0 radical (unpaired) electrons. The Labute approximate surface area is 168 Å². The molecule has 2 aromatic rings. The SMILES string of the molecule is C[C@H](Oc1ccc(C(C)(C)C)cc1)C(=O)NC[C@H](c1ccco1)[NH+]1CCCC1. The van der Waals surface area contributed by atoms with E-state index in [4.69, 9.17) is 9.15 Å². The van der Waals surface area contributed by atoms with Gasteiger partial charge in [0.15, 0.2) is 17.9 Å². The quantitative estimate of drug-likeness (QED) is 0.771. The lowest BCUT2D eigenvalue weighted by Gasteiger charge is -2.24. The molecule has 1 aromatic heterocycles. The maximum Gasteiger partial charge on any atom is 0.261 e. The van der Waals surface area contributed by atoms with Crippen LogP contribution in [0.2, 0.25) is 0 Å². The molecule has 152 valence electrons. The minimum absolute atomic E-state index is 0.0975. The van der Waals surface area contributed by atoms with E-state index >= 15 is 0 Å². The van der Waals surface area contributed by atoms with Crippen molar-refractivity contribution in [1.82, 2.24) is 5.32 Å². The molecule has 1 aliphatic heterocycles. The van der Waals surface area contributed by atoms with Gasteiger partial charge in [-0.05, 0) is 42.2 Å². The van der Waals surface area contributed by atoms with Crippen molar-refractivity contribution in [2.24, 2.45) is 0 Å². The van der Waals surface area contributed by atoms with Crippen molar-refractivity contribution in [3.63, 3.8) is 0 Å². The van der Waals surface area contributed by atoms with Gasteiger partial charge in [0, 0.05) is 12.8 Å². The van der Waals surface area contributed by atoms with E-state index in [1.54, 1.807) is 13.2 Å². The molecule has 1 saturated heterocycles. The summed E-state index contributed by atoms with van der Waals surface area (Å²) >= 11 is 0. The second-order valence-corrected chi connectivity index (χ2v) is 8.71. The van der Waals surface area contributed by atoms with Crippen LogP contribution >= 0.6 is 0 Å². The summed E-state index contributed by atoms with van der Waals surface area (Å²) in [6, 6.07) is 12.0. The summed E-state index contributed by atoms with van der Waals surface area (Å²) < 4.78 is 11.5. The molecule has 2 heterocycles. The molecule has 0 aliphatic carbocycles. The van der Waals surface area contributed by atoms with Gasteiger partial charge < -0.3 is 19.4 Å². The molecule has 1 fully saturated rings. The number of nitrogens with one attached hydrogen (secondary N) is 2. The number of rotatable bonds is 7. The highest BCUT2D eigenvalue weighted by Crippen LogP contribution is 2.24. The van der Waals surface area contributed by atoms with Crippen LogP contribution in [0.4, 0.5) is 0 Å². The average Bonchev–Trinajstić information content (AvgIpc) is 3.36. The molecule has 28 heavy (non-hydrogen) atoms. The molecular formula is C23H33N2O3+. The molecule has 5 nitrogen and oxygen atoms in total. The summed E-state index contributed by atoms with van der Waals surface area (Å²) in [7, 11) is 0. The van der Waals surface area contributed by atoms with E-state index in [1.165, 1.54) is 23.3 Å². The van der Waals surface area contributed by atoms with Crippen LogP contribution in [0.3, 0.4) is 0 Å². The fourth-order valence-corrected chi connectivity index (χ4v) is 3.75. The van der Waals surface area contributed by atoms with E-state index in [9.17, 15) is 4.79 Å². The Morgan fingerprint density at radius 3 is 2.43 bits per heavy atom. The second kappa shape index (κ2) is 8.82. The van der Waals surface area contributed by atoms with E-state index in [-0.39, 0.29) is 17.4 Å². The lowest BCUT2D eigenvalue weighted by molar-refractivity contribution is -0.919. The van der Waals surface area contributed by atoms with Crippen LogP contribution in [0.15, 0.2) is 47.1 Å². The third kappa shape index (κ3) is 5.16. The number of carbonyl (C=O) groups is 1. The number of hydrogen-bond acceptors (Lipinski definition) is 3. The number of carbonyl (C=O) groups excluding carboxylic acids is 1. The zero-order valence-electron chi connectivity index (χ0n) is 17.5. The molecule has 5 heteroatoms. The first-order valence-corrected chi connectivity index (χ1v) is 10.3. The average molecular weight is 386 g/mol. The van der Waals surface area contributed by atoms with Crippen molar-refractivity contribution in [1.29, 1.82) is 0 Å². The predicted molar refractivity (Wildman–Crippen MR) is 110 cm³/mol. The van der Waals surface area contributed by atoms with Crippen LogP contribution in [0.1, 0.15) is 57.9 Å². The highest BCUT2D eigenvalue weighted by atomic mass is 16.5. The number of amides is 1. The maximum absolute atomic E-state index is 12.6. The van der Waals surface area contributed by atoms with Crippen molar-refractivity contribution in [3.05, 3.63) is 54.0 Å². The standard InChI is InChI=1S/C23H32N2O3/c1-17(28-19-11-9-18(10-12-19)23(2,3)4)22(26)24-16-20(21-8-7-15-27-21)25-13-5-6-14-25/h7-12,15,17,20H,5-6,13-14,16H2,1-4H3,(H,24,26)/p+1/t17-,20+/m0/s1. The molecular weight excluding hydrogens is 352 g/mol. The molecule has 1 aliphatic rings. The van der Waals surface area contributed by atoms with Gasteiger partial charge >= 0.3 is 0 Å². The molecule has 0 saturated carbocycles. The third-order valence-corrected chi connectivity index (χ3v) is 5.51. The number of furan rings is 1. The smallest absolute Gasteiger partial charge is 0.261 e. The topological polar surface area (TPSA) is 55.9 Å². The van der Waals surface area contributed by atoms with E-state index in [2.05, 4.69) is 38.2 Å². The van der Waals surface area contributed by atoms with Crippen molar-refractivity contribution < 1.29 is 18.8 Å². The Bertz CT molecular complexity index is 741. The predicted octanol–water partition coefficient (Wildman–Crippen LogP) is 2.88. The summed E-state index contributed by atoms with van der Waals surface area (Å²) in [5.74, 6) is 1.54. The zero-order valence-corrected chi connectivity index (χ0v) is 17.5. The van der Waals surface area contributed by atoms with Gasteiger partial charge in [0.25, 0.3) is 5.91 Å². The molecule has 2 atom stereocenters. The van der Waals surface area contributed by atoms with Gasteiger partial charge in [-0.3, -0.25) is 4.79 Å². The number of likely N-dealkylation sites (tertiary alicyclic amines) is 1. The zero-order chi connectivity index (χ0) is 20.1. The van der Waals surface area contributed by atoms with Gasteiger partial charge in [0.05, 0.1) is 25.9 Å². The fraction of sp³-hybridized carbons (Fsp3) is 0.522. The van der Waals surface area contributed by atoms with E-state index < -0.39 is 6.10 Å². The minimum atomic E-state index is -0.550. The summed E-state index contributed by atoms with van der Waals surface area (Å²) in [5.41, 5.74) is 1.34. The van der Waals surface area contributed by atoms with Crippen molar-refractivity contribution in [2.45, 2.75) is 58.1 Å². The molecule has 2 N–H and O–H groups in total. The van der Waals surface area contributed by atoms with Gasteiger partial charge in [-0.1, -0.05) is 32.9 Å². The normalized spacial score (nSPS) is 17.3. The number of hydrogen-bond donors (Lipinski definition) is 2. The van der Waals surface area contributed by atoms with Crippen LogP contribution in [0.5, 0.6) is 5.75 Å².